The van der Waals surface area contributed by atoms with Crippen molar-refractivity contribution in [3.05, 3.63) is 97.2 Å². The lowest BCUT2D eigenvalue weighted by atomic mass is 10.1. The van der Waals surface area contributed by atoms with Gasteiger partial charge in [-0.2, -0.15) is 0 Å². The summed E-state index contributed by atoms with van der Waals surface area (Å²) in [5, 5.41) is 3.48. The quantitative estimate of drug-likeness (QED) is 0.526. The van der Waals surface area contributed by atoms with E-state index in [2.05, 4.69) is 67.5 Å². The van der Waals surface area contributed by atoms with E-state index in [0.717, 1.165) is 47.2 Å². The maximum absolute atomic E-state index is 4.78. The average Bonchev–Trinajstić information content (AvgIpc) is 2.83. The monoisotopic (exact) mass is 394 g/mol. The molecule has 3 aromatic heterocycles. The SMILES string of the molecule is c1cncc(N(Cc2cccnc2N2CCNc3ccccc32)c2cccnc2)c1. The molecule has 1 aromatic carbocycles. The second-order valence-electron chi connectivity index (χ2n) is 7.09. The topological polar surface area (TPSA) is 57.2 Å². The molecule has 0 radical (unpaired) electrons. The number of nitrogens with one attached hydrogen (secondary N) is 1. The van der Waals surface area contributed by atoms with Gasteiger partial charge in [-0.1, -0.05) is 18.2 Å². The van der Waals surface area contributed by atoms with Gasteiger partial charge in [0.2, 0.25) is 0 Å². The average molecular weight is 394 g/mol. The molecule has 30 heavy (non-hydrogen) atoms. The first kappa shape index (κ1) is 18.1. The molecule has 0 unspecified atom stereocenters. The number of anilines is 5. The van der Waals surface area contributed by atoms with Gasteiger partial charge >= 0.3 is 0 Å². The third kappa shape index (κ3) is 3.55. The van der Waals surface area contributed by atoms with Crippen LogP contribution in [-0.2, 0) is 6.54 Å². The zero-order valence-electron chi connectivity index (χ0n) is 16.5. The van der Waals surface area contributed by atoms with Gasteiger partial charge in [-0.3, -0.25) is 9.97 Å². The Hall–Kier alpha value is -3.93. The molecule has 6 heteroatoms. The van der Waals surface area contributed by atoms with Gasteiger partial charge in [0.15, 0.2) is 0 Å². The smallest absolute Gasteiger partial charge is 0.138 e. The number of pyridine rings is 3. The van der Waals surface area contributed by atoms with Gasteiger partial charge in [0, 0.05) is 37.2 Å². The third-order valence-electron chi connectivity index (χ3n) is 5.21. The second kappa shape index (κ2) is 8.21. The van der Waals surface area contributed by atoms with Crippen molar-refractivity contribution in [2.45, 2.75) is 6.54 Å². The van der Waals surface area contributed by atoms with E-state index in [-0.39, 0.29) is 0 Å². The third-order valence-corrected chi connectivity index (χ3v) is 5.21. The van der Waals surface area contributed by atoms with Crippen LogP contribution in [0.3, 0.4) is 0 Å². The van der Waals surface area contributed by atoms with Crippen molar-refractivity contribution in [2.75, 3.05) is 28.2 Å². The molecule has 4 heterocycles. The predicted molar refractivity (Wildman–Crippen MR) is 120 cm³/mol. The van der Waals surface area contributed by atoms with Crippen LogP contribution in [-0.4, -0.2) is 28.0 Å². The van der Waals surface area contributed by atoms with E-state index >= 15 is 0 Å². The first-order chi connectivity index (χ1) is 14.9. The summed E-state index contributed by atoms with van der Waals surface area (Å²) in [5.41, 5.74) is 5.46. The first-order valence-corrected chi connectivity index (χ1v) is 10.0. The van der Waals surface area contributed by atoms with Gasteiger partial charge in [-0.15, -0.1) is 0 Å². The van der Waals surface area contributed by atoms with Crippen molar-refractivity contribution in [1.82, 2.24) is 15.0 Å². The molecule has 0 aliphatic carbocycles. The number of hydrogen-bond acceptors (Lipinski definition) is 6. The highest BCUT2D eigenvalue weighted by atomic mass is 15.2. The highest BCUT2D eigenvalue weighted by Crippen LogP contribution is 2.36. The van der Waals surface area contributed by atoms with Crippen LogP contribution in [0.5, 0.6) is 0 Å². The second-order valence-corrected chi connectivity index (χ2v) is 7.09. The standard InChI is InChI=1S/C24H22N6/c1-2-10-23-22(9-1)27-14-15-29(23)24-19(6-3-13-28-24)18-30(20-7-4-11-25-16-20)21-8-5-12-26-17-21/h1-13,16-17,27H,14-15,18H2. The lowest BCUT2D eigenvalue weighted by Gasteiger charge is -2.33. The summed E-state index contributed by atoms with van der Waals surface area (Å²) in [6, 6.07) is 20.6. The molecule has 1 N–H and O–H groups in total. The van der Waals surface area contributed by atoms with Gasteiger partial charge in [0.05, 0.1) is 41.7 Å². The van der Waals surface area contributed by atoms with Crippen LogP contribution in [0.1, 0.15) is 5.56 Å². The van der Waals surface area contributed by atoms with Crippen LogP contribution in [0.15, 0.2) is 91.6 Å². The molecule has 0 saturated carbocycles. The molecule has 6 nitrogen and oxygen atoms in total. The van der Waals surface area contributed by atoms with Crippen LogP contribution >= 0.6 is 0 Å². The Kier molecular flexibility index (Phi) is 4.96. The Balaban J connectivity index is 1.55. The van der Waals surface area contributed by atoms with Gasteiger partial charge < -0.3 is 15.1 Å². The number of fused-ring (bicyclic) bond motifs is 1. The van der Waals surface area contributed by atoms with Crippen LogP contribution in [0.2, 0.25) is 0 Å². The summed E-state index contributed by atoms with van der Waals surface area (Å²) in [4.78, 5) is 17.9. The van der Waals surface area contributed by atoms with Crippen molar-refractivity contribution in [3.8, 4) is 0 Å². The van der Waals surface area contributed by atoms with Crippen molar-refractivity contribution >= 4 is 28.6 Å². The highest BCUT2D eigenvalue weighted by molar-refractivity contribution is 5.78. The number of nitrogens with zero attached hydrogens (tertiary/aromatic N) is 5. The fourth-order valence-corrected chi connectivity index (χ4v) is 3.83. The molecular weight excluding hydrogens is 372 g/mol. The van der Waals surface area contributed by atoms with Crippen LogP contribution < -0.4 is 15.1 Å². The molecule has 0 bridgehead atoms. The molecule has 148 valence electrons. The molecule has 1 aliphatic rings. The van der Waals surface area contributed by atoms with Crippen LogP contribution in [0.4, 0.5) is 28.6 Å². The van der Waals surface area contributed by atoms with E-state index in [1.807, 2.05) is 36.8 Å². The fourth-order valence-electron chi connectivity index (χ4n) is 3.83. The summed E-state index contributed by atoms with van der Waals surface area (Å²) in [6.45, 7) is 2.40. The summed E-state index contributed by atoms with van der Waals surface area (Å²) in [7, 11) is 0. The Morgan fingerprint density at radius 1 is 0.833 bits per heavy atom. The summed E-state index contributed by atoms with van der Waals surface area (Å²) < 4.78 is 0. The number of hydrogen-bond donors (Lipinski definition) is 1. The Morgan fingerprint density at radius 2 is 1.57 bits per heavy atom. The van der Waals surface area contributed by atoms with E-state index < -0.39 is 0 Å². The minimum atomic E-state index is 0.659. The molecule has 0 spiro atoms. The molecule has 0 saturated heterocycles. The fraction of sp³-hybridized carbons (Fsp3) is 0.125. The molecule has 4 aromatic rings. The maximum atomic E-state index is 4.78. The molecule has 5 rings (SSSR count). The van der Waals surface area contributed by atoms with E-state index in [4.69, 9.17) is 4.98 Å². The van der Waals surface area contributed by atoms with Crippen molar-refractivity contribution in [2.24, 2.45) is 0 Å². The summed E-state index contributed by atoms with van der Waals surface area (Å²) >= 11 is 0. The number of aromatic nitrogens is 3. The Labute approximate surface area is 175 Å². The zero-order valence-corrected chi connectivity index (χ0v) is 16.5. The summed E-state index contributed by atoms with van der Waals surface area (Å²) in [6.07, 6.45) is 9.20. The summed E-state index contributed by atoms with van der Waals surface area (Å²) in [5.74, 6) is 0.976. The van der Waals surface area contributed by atoms with Gasteiger partial charge in [0.25, 0.3) is 0 Å². The Morgan fingerprint density at radius 3 is 2.30 bits per heavy atom. The van der Waals surface area contributed by atoms with Gasteiger partial charge in [-0.05, 0) is 42.5 Å². The molecule has 0 atom stereocenters. The maximum Gasteiger partial charge on any atom is 0.138 e. The van der Waals surface area contributed by atoms with Gasteiger partial charge in [0.1, 0.15) is 5.82 Å². The van der Waals surface area contributed by atoms with E-state index in [1.54, 1.807) is 12.4 Å². The van der Waals surface area contributed by atoms with Gasteiger partial charge in [-0.25, -0.2) is 4.98 Å². The van der Waals surface area contributed by atoms with Crippen molar-refractivity contribution in [3.63, 3.8) is 0 Å². The zero-order chi connectivity index (χ0) is 20.2. The number of para-hydroxylation sites is 2. The number of rotatable bonds is 5. The normalized spacial score (nSPS) is 12.7. The lowest BCUT2D eigenvalue weighted by Crippen LogP contribution is -2.32. The molecule has 0 amide bonds. The van der Waals surface area contributed by atoms with Crippen molar-refractivity contribution in [1.29, 1.82) is 0 Å². The Bertz CT molecular complexity index is 1080. The molecule has 0 fully saturated rings. The highest BCUT2D eigenvalue weighted by Gasteiger charge is 2.22. The minimum absolute atomic E-state index is 0.659. The lowest BCUT2D eigenvalue weighted by molar-refractivity contribution is 0.879. The van der Waals surface area contributed by atoms with Crippen LogP contribution in [0.25, 0.3) is 0 Å². The minimum Gasteiger partial charge on any atom is -0.382 e. The largest absolute Gasteiger partial charge is 0.382 e. The molecular formula is C24H22N6. The number of benzene rings is 1. The van der Waals surface area contributed by atoms with E-state index in [9.17, 15) is 0 Å². The van der Waals surface area contributed by atoms with E-state index in [1.165, 1.54) is 0 Å². The van der Waals surface area contributed by atoms with Crippen LogP contribution in [0, 0.1) is 0 Å². The first-order valence-electron chi connectivity index (χ1n) is 10.0. The van der Waals surface area contributed by atoms with Crippen molar-refractivity contribution < 1.29 is 0 Å². The predicted octanol–water partition coefficient (Wildman–Crippen LogP) is 4.77. The van der Waals surface area contributed by atoms with E-state index in [0.29, 0.717) is 6.54 Å². The molecule has 1 aliphatic heterocycles.